The number of aryl methyl sites for hydroxylation is 1. The molecule has 2 aromatic rings. The van der Waals surface area contributed by atoms with E-state index < -0.39 is 11.9 Å². The number of nitrogens with zero attached hydrogens (tertiary/aromatic N) is 3. The third-order valence-corrected chi connectivity index (χ3v) is 5.27. The van der Waals surface area contributed by atoms with Crippen LogP contribution in [0.2, 0.25) is 0 Å². The van der Waals surface area contributed by atoms with Gasteiger partial charge in [0.15, 0.2) is 0 Å². The molecule has 12 nitrogen and oxygen atoms in total. The summed E-state index contributed by atoms with van der Waals surface area (Å²) >= 11 is 0. The van der Waals surface area contributed by atoms with E-state index in [0.717, 1.165) is 10.5 Å². The summed E-state index contributed by atoms with van der Waals surface area (Å²) in [5, 5.41) is 9.03. The Morgan fingerprint density at radius 1 is 0.943 bits per heavy atom. The van der Waals surface area contributed by atoms with Crippen LogP contribution in [0.5, 0.6) is 0 Å². The van der Waals surface area contributed by atoms with Gasteiger partial charge in [-0.05, 0) is 43.3 Å². The average Bonchev–Trinajstić information content (AvgIpc) is 3.17. The van der Waals surface area contributed by atoms with Gasteiger partial charge in [0.2, 0.25) is 17.6 Å². The lowest BCUT2D eigenvalue weighted by atomic mass is 10.2. The molecule has 0 aliphatic carbocycles. The molecule has 1 fully saturated rings. The molecule has 1 saturated heterocycles. The fourth-order valence-corrected chi connectivity index (χ4v) is 3.39. The Morgan fingerprint density at radius 3 is 2.23 bits per heavy atom. The van der Waals surface area contributed by atoms with Crippen LogP contribution < -0.4 is 26.4 Å². The maximum absolute atomic E-state index is 12.7. The summed E-state index contributed by atoms with van der Waals surface area (Å²) in [6.45, 7) is 1.69. The van der Waals surface area contributed by atoms with Gasteiger partial charge in [0.25, 0.3) is 11.8 Å². The summed E-state index contributed by atoms with van der Waals surface area (Å²) in [5.41, 5.74) is 5.32. The van der Waals surface area contributed by atoms with Gasteiger partial charge in [-0.15, -0.1) is 0 Å². The number of aliphatic imine (C=N–C) groups is 1. The van der Waals surface area contributed by atoms with Crippen LogP contribution in [0, 0.1) is 6.92 Å². The topological polar surface area (TPSA) is 152 Å². The molecule has 180 valence electrons. The lowest BCUT2D eigenvalue weighted by Gasteiger charge is -2.27. The van der Waals surface area contributed by atoms with E-state index in [1.165, 1.54) is 5.01 Å². The highest BCUT2D eigenvalue weighted by Crippen LogP contribution is 2.17. The van der Waals surface area contributed by atoms with E-state index in [2.05, 4.69) is 26.4 Å². The van der Waals surface area contributed by atoms with Crippen molar-refractivity contribution in [2.24, 2.45) is 4.99 Å². The number of nitrogens with one attached hydrogen (secondary N) is 4. The van der Waals surface area contributed by atoms with Crippen LogP contribution in [-0.4, -0.2) is 60.0 Å². The SMILES string of the molecule is Cc1ccc(N2NC(C(=O)Nc3ccc(NC(=O)CCN4C(=O)CNC4=O)cc3)=NCC2=O)cc1. The van der Waals surface area contributed by atoms with Crippen LogP contribution in [-0.2, 0) is 19.2 Å². The number of anilines is 3. The predicted octanol–water partition coefficient (Wildman–Crippen LogP) is 0.764. The minimum absolute atomic E-state index is 0.0111. The minimum atomic E-state index is -0.528. The number of carbonyl (C=O) groups excluding carboxylic acids is 5. The van der Waals surface area contributed by atoms with Crippen molar-refractivity contribution in [2.75, 3.05) is 35.3 Å². The number of hydrogen-bond acceptors (Lipinski definition) is 7. The lowest BCUT2D eigenvalue weighted by molar-refractivity contribution is -0.125. The van der Waals surface area contributed by atoms with Crippen molar-refractivity contribution in [3.05, 3.63) is 54.1 Å². The van der Waals surface area contributed by atoms with Gasteiger partial charge in [0.1, 0.15) is 6.54 Å². The summed E-state index contributed by atoms with van der Waals surface area (Å²) in [7, 11) is 0. The second kappa shape index (κ2) is 10.0. The summed E-state index contributed by atoms with van der Waals surface area (Å²) in [5.74, 6) is -1.56. The predicted molar refractivity (Wildman–Crippen MR) is 128 cm³/mol. The molecule has 0 bridgehead atoms. The van der Waals surface area contributed by atoms with Crippen molar-refractivity contribution < 1.29 is 24.0 Å². The Hall–Kier alpha value is -4.74. The number of urea groups is 1. The van der Waals surface area contributed by atoms with Crippen molar-refractivity contribution in [1.82, 2.24) is 15.6 Å². The molecule has 0 atom stereocenters. The van der Waals surface area contributed by atoms with Crippen LogP contribution >= 0.6 is 0 Å². The fraction of sp³-hybridized carbons (Fsp3) is 0.217. The number of rotatable bonds is 7. The second-order valence-electron chi connectivity index (χ2n) is 7.88. The van der Waals surface area contributed by atoms with Crippen LogP contribution in [0.3, 0.4) is 0 Å². The zero-order chi connectivity index (χ0) is 24.9. The summed E-state index contributed by atoms with van der Waals surface area (Å²) in [4.78, 5) is 65.1. The third-order valence-electron chi connectivity index (χ3n) is 5.27. The molecule has 2 aliphatic heterocycles. The molecule has 0 radical (unpaired) electrons. The Bertz CT molecular complexity index is 1190. The maximum atomic E-state index is 12.7. The van der Waals surface area contributed by atoms with Crippen LogP contribution in [0.4, 0.5) is 21.9 Å². The summed E-state index contributed by atoms with van der Waals surface area (Å²) < 4.78 is 0. The lowest BCUT2D eigenvalue weighted by Crippen LogP contribution is -2.54. The maximum Gasteiger partial charge on any atom is 0.324 e. The van der Waals surface area contributed by atoms with Gasteiger partial charge >= 0.3 is 6.03 Å². The normalized spacial score (nSPS) is 15.3. The van der Waals surface area contributed by atoms with Gasteiger partial charge in [0, 0.05) is 24.3 Å². The Morgan fingerprint density at radius 2 is 1.60 bits per heavy atom. The summed E-state index contributed by atoms with van der Waals surface area (Å²) in [6, 6.07) is 13.1. The number of benzene rings is 2. The smallest absolute Gasteiger partial charge is 0.324 e. The Labute approximate surface area is 200 Å². The van der Waals surface area contributed by atoms with E-state index in [1.807, 2.05) is 19.1 Å². The molecule has 0 saturated carbocycles. The van der Waals surface area contributed by atoms with E-state index in [-0.39, 0.29) is 49.6 Å². The molecule has 2 heterocycles. The number of hydrazine groups is 1. The van der Waals surface area contributed by atoms with Gasteiger partial charge in [-0.25, -0.2) is 9.80 Å². The molecule has 2 aromatic carbocycles. The van der Waals surface area contributed by atoms with E-state index in [1.54, 1.807) is 36.4 Å². The van der Waals surface area contributed by atoms with E-state index in [9.17, 15) is 24.0 Å². The third kappa shape index (κ3) is 5.61. The first-order valence-corrected chi connectivity index (χ1v) is 10.8. The number of amidine groups is 1. The van der Waals surface area contributed by atoms with Gasteiger partial charge in [-0.1, -0.05) is 17.7 Å². The first-order valence-electron chi connectivity index (χ1n) is 10.8. The standard InChI is InChI=1S/C23H23N7O5/c1-14-2-8-17(9-3-14)30-20(33)13-24-21(28-30)22(34)27-16-6-4-15(5-7-16)26-18(31)10-11-29-19(32)12-25-23(29)35/h2-9H,10-13H2,1H3,(H,24,28)(H,25,35)(H,26,31)(H,27,34). The highest BCUT2D eigenvalue weighted by atomic mass is 16.2. The van der Waals surface area contributed by atoms with Crippen molar-refractivity contribution in [3.63, 3.8) is 0 Å². The molecular formula is C23H23N7O5. The van der Waals surface area contributed by atoms with Crippen molar-refractivity contribution in [1.29, 1.82) is 0 Å². The average molecular weight is 477 g/mol. The highest BCUT2D eigenvalue weighted by molar-refractivity contribution is 6.43. The second-order valence-corrected chi connectivity index (χ2v) is 7.88. The molecule has 35 heavy (non-hydrogen) atoms. The van der Waals surface area contributed by atoms with Crippen LogP contribution in [0.1, 0.15) is 12.0 Å². The quantitative estimate of drug-likeness (QED) is 0.432. The number of hydrogen-bond donors (Lipinski definition) is 4. The highest BCUT2D eigenvalue weighted by Gasteiger charge is 2.28. The van der Waals surface area contributed by atoms with E-state index in [4.69, 9.17) is 0 Å². The summed E-state index contributed by atoms with van der Waals surface area (Å²) in [6.07, 6.45) is -0.0423. The number of imide groups is 1. The molecule has 12 heteroatoms. The fourth-order valence-electron chi connectivity index (χ4n) is 3.39. The zero-order valence-electron chi connectivity index (χ0n) is 18.8. The zero-order valence-corrected chi connectivity index (χ0v) is 18.8. The van der Waals surface area contributed by atoms with Crippen molar-refractivity contribution in [3.8, 4) is 0 Å². The van der Waals surface area contributed by atoms with Gasteiger partial charge in [0.05, 0.1) is 12.2 Å². The first-order chi connectivity index (χ1) is 16.8. The molecule has 6 amide bonds. The van der Waals surface area contributed by atoms with Crippen molar-refractivity contribution >= 4 is 52.6 Å². The minimum Gasteiger partial charge on any atom is -0.329 e. The number of amides is 6. The number of carbonyl (C=O) groups is 5. The molecule has 4 N–H and O–H groups in total. The monoisotopic (exact) mass is 477 g/mol. The van der Waals surface area contributed by atoms with E-state index in [0.29, 0.717) is 17.1 Å². The molecule has 0 unspecified atom stereocenters. The van der Waals surface area contributed by atoms with Gasteiger partial charge < -0.3 is 16.0 Å². The first kappa shape index (κ1) is 23.4. The van der Waals surface area contributed by atoms with E-state index >= 15 is 0 Å². The molecular weight excluding hydrogens is 454 g/mol. The van der Waals surface area contributed by atoms with Crippen molar-refractivity contribution in [2.45, 2.75) is 13.3 Å². The largest absolute Gasteiger partial charge is 0.329 e. The molecule has 2 aliphatic rings. The van der Waals surface area contributed by atoms with Crippen LogP contribution in [0.15, 0.2) is 53.5 Å². The molecule has 0 spiro atoms. The Kier molecular flexibility index (Phi) is 6.71. The van der Waals surface area contributed by atoms with Gasteiger partial charge in [-0.2, -0.15) is 0 Å². The molecule has 4 rings (SSSR count). The molecule has 0 aromatic heterocycles. The van der Waals surface area contributed by atoms with Crippen LogP contribution in [0.25, 0.3) is 0 Å². The Balaban J connectivity index is 1.30. The van der Waals surface area contributed by atoms with Gasteiger partial charge in [-0.3, -0.25) is 34.5 Å².